The van der Waals surface area contributed by atoms with E-state index in [0.29, 0.717) is 43.9 Å². The van der Waals surface area contributed by atoms with E-state index in [1.54, 1.807) is 0 Å². The molecular weight excluding hydrogens is 432 g/mol. The fourth-order valence-corrected chi connectivity index (χ4v) is 6.36. The van der Waals surface area contributed by atoms with Gasteiger partial charge >= 0.3 is 5.97 Å². The van der Waals surface area contributed by atoms with Crippen LogP contribution in [0.25, 0.3) is 0 Å². The first kappa shape index (κ1) is 22.9. The summed E-state index contributed by atoms with van der Waals surface area (Å²) >= 11 is 0. The summed E-state index contributed by atoms with van der Waals surface area (Å²) in [4.78, 5) is 15.7. The highest BCUT2D eigenvalue weighted by Crippen LogP contribution is 2.34. The molecule has 2 aliphatic heterocycles. The van der Waals surface area contributed by atoms with Crippen LogP contribution in [0.4, 0.5) is 0 Å². The number of carboxylic acids is 1. The smallest absolute Gasteiger partial charge is 0.306 e. The molecule has 1 N–H and O–H groups in total. The zero-order valence-corrected chi connectivity index (χ0v) is 18.9. The van der Waals surface area contributed by atoms with E-state index in [1.807, 2.05) is 18.2 Å². The minimum atomic E-state index is -3.73. The second-order valence-electron chi connectivity index (χ2n) is 8.53. The number of hydrogen-bond donors (Lipinski definition) is 1. The summed E-state index contributed by atoms with van der Waals surface area (Å²) in [5.74, 6) is -0.388. The lowest BCUT2D eigenvalue weighted by Crippen LogP contribution is -2.50. The minimum Gasteiger partial charge on any atom is -0.481 e. The number of piperidine rings is 2. The number of benzene rings is 1. The molecule has 0 spiro atoms. The molecule has 0 radical (unpaired) electrons. The molecule has 9 nitrogen and oxygen atoms in total. The molecule has 2 aliphatic rings. The van der Waals surface area contributed by atoms with Crippen LogP contribution in [0, 0.1) is 5.92 Å². The van der Waals surface area contributed by atoms with Crippen LogP contribution in [-0.2, 0) is 27.8 Å². The molecular formula is C22H30N4O5S. The number of aryl methyl sites for hydroxylation is 2. The number of aromatic nitrogens is 2. The number of carboxylic acid groups (broad SMARTS) is 1. The molecule has 10 heteroatoms. The van der Waals surface area contributed by atoms with Gasteiger partial charge in [0.1, 0.15) is 6.04 Å². The van der Waals surface area contributed by atoms with Crippen LogP contribution in [0.3, 0.4) is 0 Å². The van der Waals surface area contributed by atoms with E-state index < -0.39 is 28.1 Å². The van der Waals surface area contributed by atoms with Gasteiger partial charge in [-0.25, -0.2) is 0 Å². The minimum absolute atomic E-state index is 0.219. The summed E-state index contributed by atoms with van der Waals surface area (Å²) in [5.41, 5.74) is 1.26. The molecule has 32 heavy (non-hydrogen) atoms. The topological polar surface area (TPSA) is 117 Å². The van der Waals surface area contributed by atoms with E-state index in [9.17, 15) is 18.3 Å². The Labute approximate surface area is 188 Å². The van der Waals surface area contributed by atoms with Crippen LogP contribution in [-0.4, -0.2) is 57.9 Å². The maximum atomic E-state index is 13.4. The molecule has 2 aromatic rings. The fraction of sp³-hybridized carbons (Fsp3) is 0.591. The standard InChI is InChI=1S/C22H30N4O5S/c27-22(28)18-12-15-25(16-13-18)32(29,30)26-14-5-4-10-19(26)21-23-20(24-31-21)11-6-9-17-7-2-1-3-8-17/h1-3,7-8,18-19H,4-6,9-16H2,(H,27,28)/t19-/m0/s1. The Morgan fingerprint density at radius 3 is 2.53 bits per heavy atom. The molecule has 1 aromatic carbocycles. The van der Waals surface area contributed by atoms with Crippen molar-refractivity contribution < 1.29 is 22.8 Å². The third kappa shape index (κ3) is 5.19. The molecule has 4 rings (SSSR count). The second kappa shape index (κ2) is 10.1. The van der Waals surface area contributed by atoms with Crippen molar-refractivity contribution >= 4 is 16.2 Å². The Balaban J connectivity index is 1.40. The number of nitrogens with zero attached hydrogens (tertiary/aromatic N) is 4. The molecule has 0 unspecified atom stereocenters. The highest BCUT2D eigenvalue weighted by atomic mass is 32.2. The normalized spacial score (nSPS) is 21.6. The van der Waals surface area contributed by atoms with E-state index in [1.165, 1.54) is 14.2 Å². The van der Waals surface area contributed by atoms with E-state index in [4.69, 9.17) is 4.52 Å². The predicted molar refractivity (Wildman–Crippen MR) is 117 cm³/mol. The van der Waals surface area contributed by atoms with Crippen LogP contribution < -0.4 is 0 Å². The molecule has 2 saturated heterocycles. The van der Waals surface area contributed by atoms with Crippen molar-refractivity contribution in [3.05, 3.63) is 47.6 Å². The van der Waals surface area contributed by atoms with Crippen molar-refractivity contribution in [3.8, 4) is 0 Å². The SMILES string of the molecule is O=C(O)C1CCN(S(=O)(=O)N2CCCC[C@H]2c2nc(CCCc3ccccc3)no2)CC1. The Hall–Kier alpha value is -2.30. The Bertz CT molecular complexity index is 1000. The highest BCUT2D eigenvalue weighted by Gasteiger charge is 2.41. The number of rotatable bonds is 8. The summed E-state index contributed by atoms with van der Waals surface area (Å²) in [6.45, 7) is 0.839. The van der Waals surface area contributed by atoms with Crippen molar-refractivity contribution in [2.45, 2.75) is 57.4 Å². The summed E-state index contributed by atoms with van der Waals surface area (Å²) in [6.07, 6.45) is 5.44. The quantitative estimate of drug-likeness (QED) is 0.641. The first-order valence-electron chi connectivity index (χ1n) is 11.3. The van der Waals surface area contributed by atoms with Gasteiger partial charge < -0.3 is 9.63 Å². The summed E-state index contributed by atoms with van der Waals surface area (Å²) in [6, 6.07) is 9.74. The third-order valence-corrected chi connectivity index (χ3v) is 8.40. The molecule has 1 aromatic heterocycles. The molecule has 3 heterocycles. The maximum absolute atomic E-state index is 13.4. The van der Waals surface area contributed by atoms with E-state index in [-0.39, 0.29) is 13.1 Å². The largest absolute Gasteiger partial charge is 0.481 e. The molecule has 0 amide bonds. The second-order valence-corrected chi connectivity index (χ2v) is 10.4. The van der Waals surface area contributed by atoms with Crippen LogP contribution in [0.5, 0.6) is 0 Å². The Morgan fingerprint density at radius 2 is 1.81 bits per heavy atom. The molecule has 174 valence electrons. The average Bonchev–Trinajstić information content (AvgIpc) is 3.29. The molecule has 1 atom stereocenters. The predicted octanol–water partition coefficient (Wildman–Crippen LogP) is 2.81. The average molecular weight is 463 g/mol. The van der Waals surface area contributed by atoms with Crippen molar-refractivity contribution in [1.82, 2.24) is 18.8 Å². The first-order chi connectivity index (χ1) is 15.4. The van der Waals surface area contributed by atoms with Gasteiger partial charge in [0.15, 0.2) is 5.82 Å². The van der Waals surface area contributed by atoms with Gasteiger partial charge in [-0.05, 0) is 44.1 Å². The molecule has 0 aliphatic carbocycles. The van der Waals surface area contributed by atoms with Gasteiger partial charge in [-0.3, -0.25) is 4.79 Å². The summed E-state index contributed by atoms with van der Waals surface area (Å²) in [7, 11) is -3.73. The molecule has 0 bridgehead atoms. The van der Waals surface area contributed by atoms with Crippen molar-refractivity contribution in [2.24, 2.45) is 5.92 Å². The van der Waals surface area contributed by atoms with Crippen LogP contribution in [0.2, 0.25) is 0 Å². The monoisotopic (exact) mass is 462 g/mol. The fourth-order valence-electron chi connectivity index (χ4n) is 4.51. The van der Waals surface area contributed by atoms with Gasteiger partial charge in [-0.15, -0.1) is 0 Å². The lowest BCUT2D eigenvalue weighted by atomic mass is 9.99. The lowest BCUT2D eigenvalue weighted by Gasteiger charge is -2.38. The maximum Gasteiger partial charge on any atom is 0.306 e. The van der Waals surface area contributed by atoms with Crippen molar-refractivity contribution in [3.63, 3.8) is 0 Å². The van der Waals surface area contributed by atoms with Crippen molar-refractivity contribution in [1.29, 1.82) is 0 Å². The van der Waals surface area contributed by atoms with Crippen molar-refractivity contribution in [2.75, 3.05) is 19.6 Å². The van der Waals surface area contributed by atoms with Crippen LogP contribution in [0.1, 0.15) is 61.8 Å². The molecule has 0 saturated carbocycles. The Kier molecular flexibility index (Phi) is 7.22. The van der Waals surface area contributed by atoms with Gasteiger partial charge in [0.25, 0.3) is 10.2 Å². The van der Waals surface area contributed by atoms with Crippen LogP contribution >= 0.6 is 0 Å². The highest BCUT2D eigenvalue weighted by molar-refractivity contribution is 7.86. The first-order valence-corrected chi connectivity index (χ1v) is 12.7. The van der Waals surface area contributed by atoms with Gasteiger partial charge in [-0.2, -0.15) is 22.0 Å². The molecule has 2 fully saturated rings. The number of carbonyl (C=O) groups is 1. The van der Waals surface area contributed by atoms with Crippen LogP contribution in [0.15, 0.2) is 34.9 Å². The van der Waals surface area contributed by atoms with Gasteiger partial charge in [0, 0.05) is 26.1 Å². The van der Waals surface area contributed by atoms with E-state index in [2.05, 4.69) is 22.3 Å². The van der Waals surface area contributed by atoms with Gasteiger partial charge in [0.05, 0.1) is 5.92 Å². The summed E-state index contributed by atoms with van der Waals surface area (Å²) < 4.78 is 35.1. The van der Waals surface area contributed by atoms with E-state index in [0.717, 1.165) is 25.7 Å². The van der Waals surface area contributed by atoms with E-state index >= 15 is 0 Å². The van der Waals surface area contributed by atoms with Gasteiger partial charge in [-0.1, -0.05) is 41.9 Å². The number of hydrogen-bond acceptors (Lipinski definition) is 6. The zero-order valence-electron chi connectivity index (χ0n) is 18.1. The lowest BCUT2D eigenvalue weighted by molar-refractivity contribution is -0.142. The zero-order chi connectivity index (χ0) is 22.6. The summed E-state index contributed by atoms with van der Waals surface area (Å²) in [5, 5.41) is 13.3. The number of aliphatic carboxylic acids is 1. The third-order valence-electron chi connectivity index (χ3n) is 6.36. The Morgan fingerprint density at radius 1 is 1.06 bits per heavy atom. The van der Waals surface area contributed by atoms with Gasteiger partial charge in [0.2, 0.25) is 5.89 Å².